The van der Waals surface area contributed by atoms with Crippen molar-refractivity contribution in [1.82, 2.24) is 0 Å². The second-order valence-corrected chi connectivity index (χ2v) is 4.58. The summed E-state index contributed by atoms with van der Waals surface area (Å²) in [7, 11) is 0. The molecule has 0 radical (unpaired) electrons. The van der Waals surface area contributed by atoms with Gasteiger partial charge in [0.1, 0.15) is 5.78 Å². The van der Waals surface area contributed by atoms with Crippen molar-refractivity contribution in [2.45, 2.75) is 46.0 Å². The van der Waals surface area contributed by atoms with Crippen LogP contribution >= 0.6 is 0 Å². The first-order chi connectivity index (χ1) is 7.18. The third-order valence-electron chi connectivity index (χ3n) is 3.31. The quantitative estimate of drug-likeness (QED) is 0.720. The van der Waals surface area contributed by atoms with Gasteiger partial charge in [0.15, 0.2) is 0 Å². The molecular weight excluding hydrogens is 184 g/mol. The molecule has 0 saturated carbocycles. The van der Waals surface area contributed by atoms with Crippen LogP contribution in [-0.4, -0.2) is 5.78 Å². The van der Waals surface area contributed by atoms with Crippen LogP contribution in [0.5, 0.6) is 0 Å². The SMILES string of the molecule is CC(=O)Cc1ccc(C)c2c1CCCC2. The molecule has 0 N–H and O–H groups in total. The number of Topliss-reactive ketones (excluding diaryl/α,β-unsaturated/α-hetero) is 1. The Morgan fingerprint density at radius 3 is 2.53 bits per heavy atom. The Bertz CT molecular complexity index is 391. The van der Waals surface area contributed by atoms with E-state index in [1.165, 1.54) is 47.9 Å². The second kappa shape index (κ2) is 4.18. The Hall–Kier alpha value is -1.11. The lowest BCUT2D eigenvalue weighted by Crippen LogP contribution is -2.10. The van der Waals surface area contributed by atoms with E-state index in [0.717, 1.165) is 0 Å². The number of fused-ring (bicyclic) bond motifs is 1. The number of carbonyl (C=O) groups is 1. The Labute approximate surface area is 91.5 Å². The highest BCUT2D eigenvalue weighted by Crippen LogP contribution is 2.27. The van der Waals surface area contributed by atoms with E-state index < -0.39 is 0 Å². The molecule has 0 unspecified atom stereocenters. The number of benzene rings is 1. The summed E-state index contributed by atoms with van der Waals surface area (Å²) in [4.78, 5) is 11.2. The minimum Gasteiger partial charge on any atom is -0.300 e. The first kappa shape index (κ1) is 10.4. The lowest BCUT2D eigenvalue weighted by Gasteiger charge is -2.21. The van der Waals surface area contributed by atoms with E-state index in [1.807, 2.05) is 0 Å². The zero-order valence-corrected chi connectivity index (χ0v) is 9.60. The molecular formula is C14H18O. The molecule has 1 nitrogen and oxygen atoms in total. The lowest BCUT2D eigenvalue weighted by atomic mass is 9.84. The van der Waals surface area contributed by atoms with E-state index in [4.69, 9.17) is 0 Å². The van der Waals surface area contributed by atoms with Gasteiger partial charge in [0, 0.05) is 6.42 Å². The number of carbonyl (C=O) groups excluding carboxylic acids is 1. The lowest BCUT2D eigenvalue weighted by molar-refractivity contribution is -0.116. The summed E-state index contributed by atoms with van der Waals surface area (Å²) in [6.45, 7) is 3.86. The van der Waals surface area contributed by atoms with Crippen LogP contribution in [0.25, 0.3) is 0 Å². The van der Waals surface area contributed by atoms with Gasteiger partial charge in [0.2, 0.25) is 0 Å². The normalized spacial score (nSPS) is 14.8. The molecule has 0 fully saturated rings. The number of hydrogen-bond acceptors (Lipinski definition) is 1. The van der Waals surface area contributed by atoms with Crippen molar-refractivity contribution in [2.24, 2.45) is 0 Å². The van der Waals surface area contributed by atoms with Crippen molar-refractivity contribution in [1.29, 1.82) is 0 Å². The van der Waals surface area contributed by atoms with Crippen molar-refractivity contribution in [3.8, 4) is 0 Å². The average Bonchev–Trinajstić information content (AvgIpc) is 2.22. The zero-order chi connectivity index (χ0) is 10.8. The molecule has 1 aromatic rings. The van der Waals surface area contributed by atoms with E-state index in [0.29, 0.717) is 6.42 Å². The predicted octanol–water partition coefficient (Wildman–Crippen LogP) is 3.01. The highest BCUT2D eigenvalue weighted by Gasteiger charge is 2.15. The highest BCUT2D eigenvalue weighted by molar-refractivity contribution is 5.78. The fraction of sp³-hybridized carbons (Fsp3) is 0.500. The first-order valence-electron chi connectivity index (χ1n) is 5.78. The van der Waals surface area contributed by atoms with Gasteiger partial charge >= 0.3 is 0 Å². The summed E-state index contributed by atoms with van der Waals surface area (Å²) in [6.07, 6.45) is 5.56. The summed E-state index contributed by atoms with van der Waals surface area (Å²) in [5, 5.41) is 0. The maximum atomic E-state index is 11.2. The summed E-state index contributed by atoms with van der Waals surface area (Å²) in [5.41, 5.74) is 5.65. The van der Waals surface area contributed by atoms with Crippen LogP contribution in [0.2, 0.25) is 0 Å². The summed E-state index contributed by atoms with van der Waals surface area (Å²) < 4.78 is 0. The molecule has 0 atom stereocenters. The highest BCUT2D eigenvalue weighted by atomic mass is 16.1. The minimum absolute atomic E-state index is 0.270. The molecule has 1 aliphatic carbocycles. The standard InChI is InChI=1S/C14H18O/c1-10-7-8-12(9-11(2)15)14-6-4-3-5-13(10)14/h7-8H,3-6,9H2,1-2H3. The monoisotopic (exact) mass is 202 g/mol. The molecule has 0 heterocycles. The van der Waals surface area contributed by atoms with E-state index in [9.17, 15) is 4.79 Å². The van der Waals surface area contributed by atoms with Gasteiger partial charge in [-0.3, -0.25) is 4.79 Å². The van der Waals surface area contributed by atoms with Gasteiger partial charge in [0.05, 0.1) is 0 Å². The molecule has 0 saturated heterocycles. The maximum absolute atomic E-state index is 11.2. The number of aryl methyl sites for hydroxylation is 1. The Morgan fingerprint density at radius 2 is 1.87 bits per heavy atom. The second-order valence-electron chi connectivity index (χ2n) is 4.58. The fourth-order valence-electron chi connectivity index (χ4n) is 2.56. The van der Waals surface area contributed by atoms with Crippen LogP contribution < -0.4 is 0 Å². The van der Waals surface area contributed by atoms with Crippen LogP contribution in [-0.2, 0) is 24.1 Å². The predicted molar refractivity (Wildman–Crippen MR) is 62.2 cm³/mol. The van der Waals surface area contributed by atoms with E-state index in [-0.39, 0.29) is 5.78 Å². The van der Waals surface area contributed by atoms with Crippen LogP contribution in [0.4, 0.5) is 0 Å². The molecule has 1 heteroatoms. The first-order valence-corrected chi connectivity index (χ1v) is 5.78. The average molecular weight is 202 g/mol. The van der Waals surface area contributed by atoms with Gasteiger partial charge in [-0.15, -0.1) is 0 Å². The van der Waals surface area contributed by atoms with Crippen LogP contribution in [0.15, 0.2) is 12.1 Å². The third-order valence-corrected chi connectivity index (χ3v) is 3.31. The summed E-state index contributed by atoms with van der Waals surface area (Å²) in [6, 6.07) is 4.31. The van der Waals surface area contributed by atoms with E-state index in [1.54, 1.807) is 6.92 Å². The van der Waals surface area contributed by atoms with Gasteiger partial charge in [-0.05, 0) is 61.8 Å². The fourth-order valence-corrected chi connectivity index (χ4v) is 2.56. The van der Waals surface area contributed by atoms with Crippen LogP contribution in [0.1, 0.15) is 42.0 Å². The smallest absolute Gasteiger partial charge is 0.134 e. The molecule has 0 spiro atoms. The molecule has 15 heavy (non-hydrogen) atoms. The molecule has 80 valence electrons. The molecule has 0 aromatic heterocycles. The molecule has 0 bridgehead atoms. The van der Waals surface area contributed by atoms with Crippen molar-refractivity contribution >= 4 is 5.78 Å². The maximum Gasteiger partial charge on any atom is 0.134 e. The molecule has 0 amide bonds. The van der Waals surface area contributed by atoms with Gasteiger partial charge in [-0.2, -0.15) is 0 Å². The van der Waals surface area contributed by atoms with Gasteiger partial charge in [-0.25, -0.2) is 0 Å². The summed E-state index contributed by atoms with van der Waals surface area (Å²) >= 11 is 0. The Balaban J connectivity index is 2.43. The molecule has 1 aliphatic rings. The van der Waals surface area contributed by atoms with Crippen molar-refractivity contribution in [2.75, 3.05) is 0 Å². The zero-order valence-electron chi connectivity index (χ0n) is 9.60. The number of ketones is 1. The van der Waals surface area contributed by atoms with Crippen LogP contribution in [0, 0.1) is 6.92 Å². The third kappa shape index (κ3) is 2.11. The van der Waals surface area contributed by atoms with Gasteiger partial charge in [-0.1, -0.05) is 12.1 Å². The number of rotatable bonds is 2. The number of hydrogen-bond donors (Lipinski definition) is 0. The van der Waals surface area contributed by atoms with Crippen LogP contribution in [0.3, 0.4) is 0 Å². The summed E-state index contributed by atoms with van der Waals surface area (Å²) in [5.74, 6) is 0.270. The van der Waals surface area contributed by atoms with Crippen molar-refractivity contribution in [3.05, 3.63) is 34.4 Å². The van der Waals surface area contributed by atoms with E-state index >= 15 is 0 Å². The van der Waals surface area contributed by atoms with E-state index in [2.05, 4.69) is 19.1 Å². The molecule has 2 rings (SSSR count). The van der Waals surface area contributed by atoms with Gasteiger partial charge in [0.25, 0.3) is 0 Å². The van der Waals surface area contributed by atoms with Crippen molar-refractivity contribution < 1.29 is 4.79 Å². The van der Waals surface area contributed by atoms with Gasteiger partial charge < -0.3 is 0 Å². The largest absolute Gasteiger partial charge is 0.300 e. The minimum atomic E-state index is 0.270. The Morgan fingerprint density at radius 1 is 1.20 bits per heavy atom. The molecule has 0 aliphatic heterocycles. The topological polar surface area (TPSA) is 17.1 Å². The van der Waals surface area contributed by atoms with Crippen molar-refractivity contribution in [3.63, 3.8) is 0 Å². The molecule has 1 aromatic carbocycles. The Kier molecular flexibility index (Phi) is 2.90.